The molecule has 2 nitrogen and oxygen atoms in total. The standard InChI is InChI=1S/C64H44N2/c1-5-21-57-47(13-1)17-9-25-59(57)51-33-41-54(42-34-51)65(55-43-35-52(36-44-55)60-26-10-18-48-14-2-6-22-58(48)60)53-37-29-45(30-38-53)46-31-39-56(40-32-46)66(63-27-11-19-49-15-3-7-23-61(49)63)64-28-12-20-50-16-4-8-24-62(50)64/h1-44H. The summed E-state index contributed by atoms with van der Waals surface area (Å²) in [6.07, 6.45) is 0. The van der Waals surface area contributed by atoms with Gasteiger partial charge in [0.1, 0.15) is 0 Å². The van der Waals surface area contributed by atoms with Gasteiger partial charge in [0.2, 0.25) is 0 Å². The van der Waals surface area contributed by atoms with Gasteiger partial charge >= 0.3 is 0 Å². The molecular formula is C64H44N2. The first-order valence-corrected chi connectivity index (χ1v) is 22.7. The molecule has 0 aliphatic heterocycles. The highest BCUT2D eigenvalue weighted by Gasteiger charge is 2.19. The Kier molecular flexibility index (Phi) is 9.89. The zero-order valence-electron chi connectivity index (χ0n) is 36.3. The van der Waals surface area contributed by atoms with Gasteiger partial charge in [0, 0.05) is 33.5 Å². The summed E-state index contributed by atoms with van der Waals surface area (Å²) in [6, 6.07) is 96.9. The second kappa shape index (κ2) is 16.8. The van der Waals surface area contributed by atoms with E-state index in [1.807, 2.05) is 0 Å². The Morgan fingerprint density at radius 3 is 0.833 bits per heavy atom. The average Bonchev–Trinajstić information content (AvgIpc) is 3.39. The summed E-state index contributed by atoms with van der Waals surface area (Å²) in [5.74, 6) is 0. The molecule has 310 valence electrons. The number of anilines is 6. The first-order valence-electron chi connectivity index (χ1n) is 22.7. The highest BCUT2D eigenvalue weighted by Crippen LogP contribution is 2.43. The number of benzene rings is 12. The van der Waals surface area contributed by atoms with Crippen molar-refractivity contribution in [3.63, 3.8) is 0 Å². The fourth-order valence-corrected chi connectivity index (χ4v) is 9.80. The zero-order valence-corrected chi connectivity index (χ0v) is 36.3. The van der Waals surface area contributed by atoms with Gasteiger partial charge in [-0.1, -0.05) is 206 Å². The zero-order chi connectivity index (χ0) is 43.8. The van der Waals surface area contributed by atoms with Gasteiger partial charge in [-0.05, 0) is 126 Å². The van der Waals surface area contributed by atoms with Gasteiger partial charge in [0.15, 0.2) is 0 Å². The van der Waals surface area contributed by atoms with Crippen molar-refractivity contribution in [1.29, 1.82) is 0 Å². The van der Waals surface area contributed by atoms with Crippen LogP contribution in [0.4, 0.5) is 34.1 Å². The lowest BCUT2D eigenvalue weighted by molar-refractivity contribution is 1.28. The minimum atomic E-state index is 1.09. The molecule has 0 aromatic heterocycles. The van der Waals surface area contributed by atoms with Crippen LogP contribution < -0.4 is 9.80 Å². The molecule has 0 amide bonds. The molecule has 0 radical (unpaired) electrons. The Morgan fingerprint density at radius 2 is 0.455 bits per heavy atom. The first-order chi connectivity index (χ1) is 32.7. The molecule has 0 saturated heterocycles. The summed E-state index contributed by atoms with van der Waals surface area (Å²) in [7, 11) is 0. The van der Waals surface area contributed by atoms with Crippen molar-refractivity contribution in [3.05, 3.63) is 267 Å². The number of hydrogen-bond donors (Lipinski definition) is 0. The van der Waals surface area contributed by atoms with Crippen molar-refractivity contribution in [2.75, 3.05) is 9.80 Å². The number of fused-ring (bicyclic) bond motifs is 4. The highest BCUT2D eigenvalue weighted by atomic mass is 15.1. The van der Waals surface area contributed by atoms with E-state index in [0.717, 1.165) is 45.3 Å². The predicted molar refractivity (Wildman–Crippen MR) is 282 cm³/mol. The summed E-state index contributed by atoms with van der Waals surface area (Å²) >= 11 is 0. The Balaban J connectivity index is 0.910. The fraction of sp³-hybridized carbons (Fsp3) is 0. The van der Waals surface area contributed by atoms with Gasteiger partial charge in [-0.15, -0.1) is 0 Å². The third-order valence-electron chi connectivity index (χ3n) is 13.1. The van der Waals surface area contributed by atoms with Crippen LogP contribution in [0.1, 0.15) is 0 Å². The third-order valence-corrected chi connectivity index (χ3v) is 13.1. The molecule has 0 saturated carbocycles. The van der Waals surface area contributed by atoms with Gasteiger partial charge in [0.05, 0.1) is 11.4 Å². The minimum absolute atomic E-state index is 1.09. The van der Waals surface area contributed by atoms with Crippen molar-refractivity contribution in [2.45, 2.75) is 0 Å². The van der Waals surface area contributed by atoms with E-state index in [1.165, 1.54) is 65.3 Å². The summed E-state index contributed by atoms with van der Waals surface area (Å²) in [5.41, 5.74) is 13.9. The normalized spacial score (nSPS) is 11.3. The van der Waals surface area contributed by atoms with E-state index in [9.17, 15) is 0 Å². The topological polar surface area (TPSA) is 6.48 Å². The van der Waals surface area contributed by atoms with E-state index in [4.69, 9.17) is 0 Å². The van der Waals surface area contributed by atoms with Crippen LogP contribution in [0.25, 0.3) is 76.5 Å². The maximum Gasteiger partial charge on any atom is 0.0540 e. The molecule has 0 N–H and O–H groups in total. The van der Waals surface area contributed by atoms with E-state index in [-0.39, 0.29) is 0 Å². The maximum atomic E-state index is 2.41. The van der Waals surface area contributed by atoms with Crippen LogP contribution in [0.3, 0.4) is 0 Å². The van der Waals surface area contributed by atoms with Crippen LogP contribution >= 0.6 is 0 Å². The summed E-state index contributed by atoms with van der Waals surface area (Å²) in [5, 5.41) is 9.86. The van der Waals surface area contributed by atoms with Crippen molar-refractivity contribution in [3.8, 4) is 33.4 Å². The molecule has 0 spiro atoms. The quantitative estimate of drug-likeness (QED) is 0.143. The molecule has 0 aliphatic rings. The second-order valence-corrected chi connectivity index (χ2v) is 16.9. The fourth-order valence-electron chi connectivity index (χ4n) is 9.80. The van der Waals surface area contributed by atoms with Crippen molar-refractivity contribution >= 4 is 77.2 Å². The Morgan fingerprint density at radius 1 is 0.182 bits per heavy atom. The summed E-state index contributed by atoms with van der Waals surface area (Å²) < 4.78 is 0. The lowest BCUT2D eigenvalue weighted by atomic mass is 9.97. The van der Waals surface area contributed by atoms with E-state index >= 15 is 0 Å². The van der Waals surface area contributed by atoms with E-state index < -0.39 is 0 Å². The second-order valence-electron chi connectivity index (χ2n) is 16.9. The molecule has 0 unspecified atom stereocenters. The van der Waals surface area contributed by atoms with E-state index in [0.29, 0.717) is 0 Å². The molecule has 0 aliphatic carbocycles. The van der Waals surface area contributed by atoms with Crippen LogP contribution in [-0.4, -0.2) is 0 Å². The Hall–Kier alpha value is -8.72. The molecule has 12 rings (SSSR count). The largest absolute Gasteiger partial charge is 0.311 e. The molecular weight excluding hydrogens is 797 g/mol. The Labute approximate surface area is 385 Å². The molecule has 0 bridgehead atoms. The van der Waals surface area contributed by atoms with Gasteiger partial charge in [-0.3, -0.25) is 0 Å². The SMILES string of the molecule is c1ccc2c(-c3ccc(N(c4ccc(-c5ccc(N(c6cccc7ccccc67)c6cccc7ccccc67)cc5)cc4)c4ccc(-c5cccc6ccccc56)cc4)cc3)cccc2c1. The van der Waals surface area contributed by atoms with Crippen molar-refractivity contribution < 1.29 is 0 Å². The molecule has 12 aromatic rings. The summed E-state index contributed by atoms with van der Waals surface area (Å²) in [6.45, 7) is 0. The maximum absolute atomic E-state index is 2.41. The van der Waals surface area contributed by atoms with Crippen molar-refractivity contribution in [1.82, 2.24) is 0 Å². The number of nitrogens with zero attached hydrogens (tertiary/aromatic N) is 2. The van der Waals surface area contributed by atoms with Crippen LogP contribution in [-0.2, 0) is 0 Å². The number of hydrogen-bond acceptors (Lipinski definition) is 2. The average molecular weight is 841 g/mol. The molecule has 66 heavy (non-hydrogen) atoms. The molecule has 2 heteroatoms. The van der Waals surface area contributed by atoms with E-state index in [1.54, 1.807) is 0 Å². The molecule has 12 aromatic carbocycles. The highest BCUT2D eigenvalue weighted by molar-refractivity contribution is 6.05. The lowest BCUT2D eigenvalue weighted by Crippen LogP contribution is -2.11. The monoisotopic (exact) mass is 840 g/mol. The minimum Gasteiger partial charge on any atom is -0.311 e. The Bertz CT molecular complexity index is 3460. The van der Waals surface area contributed by atoms with Crippen molar-refractivity contribution in [2.24, 2.45) is 0 Å². The lowest BCUT2D eigenvalue weighted by Gasteiger charge is -2.28. The molecule has 0 atom stereocenters. The first kappa shape index (κ1) is 38.9. The van der Waals surface area contributed by atoms with Gasteiger partial charge < -0.3 is 9.80 Å². The van der Waals surface area contributed by atoms with Crippen LogP contribution in [0.15, 0.2) is 267 Å². The third kappa shape index (κ3) is 7.12. The van der Waals surface area contributed by atoms with Gasteiger partial charge in [-0.25, -0.2) is 0 Å². The smallest absolute Gasteiger partial charge is 0.0540 e. The predicted octanol–water partition coefficient (Wildman–Crippen LogP) is 18.2. The van der Waals surface area contributed by atoms with Crippen LogP contribution in [0, 0.1) is 0 Å². The molecule has 0 heterocycles. The summed E-state index contributed by atoms with van der Waals surface area (Å²) in [4.78, 5) is 4.77. The number of rotatable bonds is 9. The van der Waals surface area contributed by atoms with Gasteiger partial charge in [-0.2, -0.15) is 0 Å². The van der Waals surface area contributed by atoms with Crippen LogP contribution in [0.5, 0.6) is 0 Å². The molecule has 0 fully saturated rings. The van der Waals surface area contributed by atoms with Crippen LogP contribution in [0.2, 0.25) is 0 Å². The van der Waals surface area contributed by atoms with E-state index in [2.05, 4.69) is 277 Å². The van der Waals surface area contributed by atoms with Gasteiger partial charge in [0.25, 0.3) is 0 Å².